The lowest BCUT2D eigenvalue weighted by Gasteiger charge is -2.15. The minimum absolute atomic E-state index is 0.276. The molecule has 2 N–H and O–H groups in total. The summed E-state index contributed by atoms with van der Waals surface area (Å²) in [6, 6.07) is 8.47. The maximum atomic E-state index is 9.12. The van der Waals surface area contributed by atoms with Gasteiger partial charge in [0.15, 0.2) is 0 Å². The third kappa shape index (κ3) is 3.78. The molecule has 0 radical (unpaired) electrons. The first-order valence-electron chi connectivity index (χ1n) is 4.76. The predicted octanol–water partition coefficient (Wildman–Crippen LogP) is 2.48. The minimum atomic E-state index is -0.298. The van der Waals surface area contributed by atoms with Gasteiger partial charge < -0.3 is 10.4 Å². The largest absolute Gasteiger partial charge is 0.392 e. The summed E-state index contributed by atoms with van der Waals surface area (Å²) in [4.78, 5) is 0. The Hall–Kier alpha value is -0.380. The van der Waals surface area contributed by atoms with Gasteiger partial charge in [-0.3, -0.25) is 0 Å². The third-order valence-corrected chi connectivity index (χ3v) is 2.62. The Morgan fingerprint density at radius 3 is 2.36 bits per heavy atom. The quantitative estimate of drug-likeness (QED) is 0.869. The second-order valence-corrected chi connectivity index (χ2v) is 4.45. The number of halogens is 1. The van der Waals surface area contributed by atoms with Crippen LogP contribution >= 0.6 is 15.9 Å². The molecule has 0 heterocycles. The van der Waals surface area contributed by atoms with E-state index in [1.807, 2.05) is 12.1 Å². The maximum Gasteiger partial charge on any atom is 0.0636 e. The fraction of sp³-hybridized carbons (Fsp3) is 0.455. The van der Waals surface area contributed by atoms with E-state index >= 15 is 0 Å². The van der Waals surface area contributed by atoms with Gasteiger partial charge >= 0.3 is 0 Å². The van der Waals surface area contributed by atoms with Crippen molar-refractivity contribution in [2.75, 3.05) is 6.54 Å². The molecule has 1 rings (SSSR count). The molecule has 14 heavy (non-hydrogen) atoms. The van der Waals surface area contributed by atoms with E-state index < -0.39 is 0 Å². The fourth-order valence-corrected chi connectivity index (χ4v) is 1.48. The molecule has 78 valence electrons. The number of nitrogens with one attached hydrogen (secondary N) is 1. The van der Waals surface area contributed by atoms with Crippen LogP contribution in [0.15, 0.2) is 28.7 Å². The molecular formula is C11H16BrNO. The molecule has 0 aliphatic heterocycles. The molecule has 0 aliphatic rings. The van der Waals surface area contributed by atoms with Crippen LogP contribution in [0, 0.1) is 0 Å². The van der Waals surface area contributed by atoms with Crippen LogP contribution in [-0.2, 0) is 0 Å². The van der Waals surface area contributed by atoms with Crippen LogP contribution in [0.2, 0.25) is 0 Å². The van der Waals surface area contributed by atoms with Crippen molar-refractivity contribution in [3.05, 3.63) is 34.3 Å². The maximum absolute atomic E-state index is 9.12. The average Bonchev–Trinajstić information content (AvgIpc) is 2.15. The van der Waals surface area contributed by atoms with Crippen molar-refractivity contribution in [2.45, 2.75) is 26.0 Å². The first-order chi connectivity index (χ1) is 6.59. The number of benzene rings is 1. The second-order valence-electron chi connectivity index (χ2n) is 3.53. The summed E-state index contributed by atoms with van der Waals surface area (Å²) in [5.41, 5.74) is 1.23. The molecule has 2 atom stereocenters. The van der Waals surface area contributed by atoms with E-state index in [1.54, 1.807) is 6.92 Å². The molecule has 0 aromatic heterocycles. The zero-order valence-electron chi connectivity index (χ0n) is 8.50. The average molecular weight is 258 g/mol. The third-order valence-electron chi connectivity index (χ3n) is 2.09. The van der Waals surface area contributed by atoms with Gasteiger partial charge in [-0.25, -0.2) is 0 Å². The van der Waals surface area contributed by atoms with E-state index in [2.05, 4.69) is 40.3 Å². The van der Waals surface area contributed by atoms with Crippen molar-refractivity contribution in [3.63, 3.8) is 0 Å². The lowest BCUT2D eigenvalue weighted by Crippen LogP contribution is -2.27. The molecule has 0 amide bonds. The highest BCUT2D eigenvalue weighted by Gasteiger charge is 2.05. The van der Waals surface area contributed by atoms with Crippen molar-refractivity contribution >= 4 is 15.9 Å². The Labute approximate surface area is 93.5 Å². The van der Waals surface area contributed by atoms with Gasteiger partial charge in [0.25, 0.3) is 0 Å². The number of hydrogen-bond acceptors (Lipinski definition) is 2. The Bertz CT molecular complexity index is 271. The van der Waals surface area contributed by atoms with Crippen LogP contribution < -0.4 is 5.32 Å². The van der Waals surface area contributed by atoms with Gasteiger partial charge in [-0.05, 0) is 31.5 Å². The summed E-state index contributed by atoms with van der Waals surface area (Å²) in [6.07, 6.45) is -0.298. The lowest BCUT2D eigenvalue weighted by atomic mass is 10.1. The summed E-state index contributed by atoms with van der Waals surface area (Å²) in [6.45, 7) is 4.49. The second kappa shape index (κ2) is 5.49. The first kappa shape index (κ1) is 11.7. The summed E-state index contributed by atoms with van der Waals surface area (Å²) >= 11 is 3.40. The normalized spacial score (nSPS) is 15.1. The molecule has 0 fully saturated rings. The molecule has 2 nitrogen and oxygen atoms in total. The van der Waals surface area contributed by atoms with Gasteiger partial charge in [-0.15, -0.1) is 0 Å². The van der Waals surface area contributed by atoms with E-state index in [0.29, 0.717) is 6.54 Å². The Morgan fingerprint density at radius 1 is 1.29 bits per heavy atom. The summed E-state index contributed by atoms with van der Waals surface area (Å²) in [7, 11) is 0. The van der Waals surface area contributed by atoms with E-state index in [1.165, 1.54) is 5.56 Å². The Kier molecular flexibility index (Phi) is 4.58. The van der Waals surface area contributed by atoms with Crippen LogP contribution in [0.1, 0.15) is 25.5 Å². The lowest BCUT2D eigenvalue weighted by molar-refractivity contribution is 0.187. The summed E-state index contributed by atoms with van der Waals surface area (Å²) < 4.78 is 1.09. The van der Waals surface area contributed by atoms with Crippen LogP contribution in [0.4, 0.5) is 0 Å². The fourth-order valence-electron chi connectivity index (χ4n) is 1.22. The molecule has 1 aromatic carbocycles. The molecule has 1 aromatic rings. The number of rotatable bonds is 4. The van der Waals surface area contributed by atoms with Gasteiger partial charge in [-0.2, -0.15) is 0 Å². The van der Waals surface area contributed by atoms with Crippen LogP contribution in [0.5, 0.6) is 0 Å². The summed E-state index contributed by atoms with van der Waals surface area (Å²) in [5, 5.41) is 12.4. The van der Waals surface area contributed by atoms with Gasteiger partial charge in [0.1, 0.15) is 0 Å². The number of aliphatic hydroxyl groups excluding tert-OH is 1. The molecular weight excluding hydrogens is 242 g/mol. The van der Waals surface area contributed by atoms with Crippen LogP contribution in [-0.4, -0.2) is 17.8 Å². The van der Waals surface area contributed by atoms with Crippen LogP contribution in [0.3, 0.4) is 0 Å². The van der Waals surface area contributed by atoms with Crippen molar-refractivity contribution in [3.8, 4) is 0 Å². The van der Waals surface area contributed by atoms with Crippen LogP contribution in [0.25, 0.3) is 0 Å². The molecule has 0 spiro atoms. The zero-order chi connectivity index (χ0) is 10.6. The van der Waals surface area contributed by atoms with Crippen molar-refractivity contribution in [2.24, 2.45) is 0 Å². The van der Waals surface area contributed by atoms with Gasteiger partial charge in [0.05, 0.1) is 6.10 Å². The molecule has 3 heteroatoms. The van der Waals surface area contributed by atoms with Gasteiger partial charge in [-0.1, -0.05) is 28.1 Å². The Morgan fingerprint density at radius 2 is 1.86 bits per heavy atom. The van der Waals surface area contributed by atoms with E-state index in [4.69, 9.17) is 5.11 Å². The molecule has 0 saturated carbocycles. The highest BCUT2D eigenvalue weighted by molar-refractivity contribution is 9.10. The van der Waals surface area contributed by atoms with E-state index in [9.17, 15) is 0 Å². The standard InChI is InChI=1S/C11H16BrNO/c1-8(14)7-13-9(2)10-3-5-11(12)6-4-10/h3-6,8-9,13-14H,7H2,1-2H3/t8-,9-/m1/s1. The van der Waals surface area contributed by atoms with Gasteiger partial charge in [0.2, 0.25) is 0 Å². The smallest absolute Gasteiger partial charge is 0.0636 e. The highest BCUT2D eigenvalue weighted by Crippen LogP contribution is 2.16. The van der Waals surface area contributed by atoms with Crippen molar-refractivity contribution < 1.29 is 5.11 Å². The molecule has 0 bridgehead atoms. The molecule has 0 unspecified atom stereocenters. The first-order valence-corrected chi connectivity index (χ1v) is 5.56. The topological polar surface area (TPSA) is 32.3 Å². The molecule has 0 aliphatic carbocycles. The SMILES string of the molecule is C[C@@H](O)CN[C@H](C)c1ccc(Br)cc1. The monoisotopic (exact) mass is 257 g/mol. The van der Waals surface area contributed by atoms with Gasteiger partial charge in [0, 0.05) is 17.1 Å². The Balaban J connectivity index is 2.52. The van der Waals surface area contributed by atoms with E-state index in [-0.39, 0.29) is 12.1 Å². The minimum Gasteiger partial charge on any atom is -0.392 e. The number of aliphatic hydroxyl groups is 1. The molecule has 0 saturated heterocycles. The predicted molar refractivity (Wildman–Crippen MR) is 62.2 cm³/mol. The number of hydrogen-bond donors (Lipinski definition) is 2. The summed E-state index contributed by atoms with van der Waals surface area (Å²) in [5.74, 6) is 0. The highest BCUT2D eigenvalue weighted by atomic mass is 79.9. The van der Waals surface area contributed by atoms with Crippen molar-refractivity contribution in [1.29, 1.82) is 0 Å². The zero-order valence-corrected chi connectivity index (χ0v) is 10.1. The van der Waals surface area contributed by atoms with Crippen molar-refractivity contribution in [1.82, 2.24) is 5.32 Å². The van der Waals surface area contributed by atoms with E-state index in [0.717, 1.165) is 4.47 Å².